The number of benzene rings is 1. The second kappa shape index (κ2) is 13.8. The number of carbonyl (C=O) groups is 1. The van der Waals surface area contributed by atoms with Gasteiger partial charge in [-0.05, 0) is 64.5 Å². The lowest BCUT2D eigenvalue weighted by molar-refractivity contribution is -0.151. The van der Waals surface area contributed by atoms with Crippen molar-refractivity contribution in [2.45, 2.75) is 95.1 Å². The van der Waals surface area contributed by atoms with Crippen LogP contribution in [0.1, 0.15) is 65.4 Å². The third-order valence-corrected chi connectivity index (χ3v) is 9.00. The zero-order valence-corrected chi connectivity index (χ0v) is 26.8. The summed E-state index contributed by atoms with van der Waals surface area (Å²) in [5.74, 6) is 0.341. The monoisotopic (exact) mass is 652 g/mol. The number of aryl methyl sites for hydroxylation is 1. The quantitative estimate of drug-likeness (QED) is 0.253. The van der Waals surface area contributed by atoms with E-state index in [4.69, 9.17) is 14.6 Å². The molecule has 0 atom stereocenters. The standard InChI is InChI=1S/C30H39F3N6O5S/c1-6-19-14-16-34-26(45(41,42)39(43-5)17-15-30(31,32)33)24(19)23-9-7-8-20-18-35-27(38-25(20)23)36-21-10-12-22(13-11-21)37-28(40)44-29(2,3)4/h7-9,14,16,18,21-22H,6,10-13,15,17H2,1-5H3,(H,37,40)(H,35,36,38). The number of para-hydroxylation sites is 1. The van der Waals surface area contributed by atoms with E-state index in [-0.39, 0.29) is 17.6 Å². The molecule has 0 spiro atoms. The molecule has 0 saturated heterocycles. The number of hydroxylamine groups is 1. The van der Waals surface area contributed by atoms with E-state index in [0.29, 0.717) is 38.9 Å². The number of halogens is 3. The Hall–Kier alpha value is -3.56. The number of hydrogen-bond donors (Lipinski definition) is 2. The number of nitrogens with one attached hydrogen (secondary N) is 2. The number of ether oxygens (including phenoxy) is 1. The summed E-state index contributed by atoms with van der Waals surface area (Å²) >= 11 is 0. The van der Waals surface area contributed by atoms with Crippen LogP contribution in [0, 0.1) is 0 Å². The molecular formula is C30H39F3N6O5S. The van der Waals surface area contributed by atoms with Crippen molar-refractivity contribution in [1.29, 1.82) is 0 Å². The molecule has 3 aromatic rings. The zero-order chi connectivity index (χ0) is 33.0. The maximum Gasteiger partial charge on any atom is 0.407 e. The SMILES string of the molecule is CCc1ccnc(S(=O)(=O)N(CCC(F)(F)F)OC)c1-c1cccc2cnc(NC3CCC(NC(=O)OC(C)(C)C)CC3)nc12. The van der Waals surface area contributed by atoms with Gasteiger partial charge in [0.2, 0.25) is 5.95 Å². The molecule has 1 aliphatic rings. The Morgan fingerprint density at radius 3 is 2.38 bits per heavy atom. The lowest BCUT2D eigenvalue weighted by atomic mass is 9.91. The first-order valence-corrected chi connectivity index (χ1v) is 16.2. The highest BCUT2D eigenvalue weighted by Gasteiger charge is 2.35. The lowest BCUT2D eigenvalue weighted by Gasteiger charge is -2.30. The molecule has 2 heterocycles. The predicted octanol–water partition coefficient (Wildman–Crippen LogP) is 6.01. The summed E-state index contributed by atoms with van der Waals surface area (Å²) in [7, 11) is -3.61. The number of sulfonamides is 1. The highest BCUT2D eigenvalue weighted by molar-refractivity contribution is 7.89. The molecule has 0 bridgehead atoms. The molecule has 4 rings (SSSR count). The number of carbonyl (C=O) groups excluding carboxylic acids is 1. The van der Waals surface area contributed by atoms with Gasteiger partial charge in [0.1, 0.15) is 5.60 Å². The number of aromatic nitrogens is 3. The second-order valence-corrected chi connectivity index (χ2v) is 13.6. The number of hydrogen-bond acceptors (Lipinski definition) is 9. The normalized spacial score (nSPS) is 17.8. The van der Waals surface area contributed by atoms with Gasteiger partial charge in [0.15, 0.2) is 5.03 Å². The number of fused-ring (bicyclic) bond motifs is 1. The minimum atomic E-state index is -4.61. The first-order chi connectivity index (χ1) is 21.1. The van der Waals surface area contributed by atoms with Gasteiger partial charge >= 0.3 is 12.3 Å². The fraction of sp³-hybridized carbons (Fsp3) is 0.533. The van der Waals surface area contributed by atoms with Crippen molar-refractivity contribution in [3.8, 4) is 11.1 Å². The Bertz CT molecular complexity index is 1610. The van der Waals surface area contributed by atoms with Crippen LogP contribution in [0.5, 0.6) is 0 Å². The average molecular weight is 653 g/mol. The summed E-state index contributed by atoms with van der Waals surface area (Å²) in [6.45, 7) is 6.35. The Morgan fingerprint density at radius 1 is 1.07 bits per heavy atom. The van der Waals surface area contributed by atoms with Gasteiger partial charge < -0.3 is 15.4 Å². The predicted molar refractivity (Wildman–Crippen MR) is 163 cm³/mol. The van der Waals surface area contributed by atoms with Gasteiger partial charge in [0, 0.05) is 47.5 Å². The van der Waals surface area contributed by atoms with Gasteiger partial charge in [-0.15, -0.1) is 0 Å². The van der Waals surface area contributed by atoms with E-state index < -0.39 is 45.9 Å². The Labute approximate surface area is 260 Å². The molecule has 2 N–H and O–H groups in total. The van der Waals surface area contributed by atoms with Crippen molar-refractivity contribution in [1.82, 2.24) is 24.7 Å². The van der Waals surface area contributed by atoms with Crippen LogP contribution in [0.4, 0.5) is 23.9 Å². The summed E-state index contributed by atoms with van der Waals surface area (Å²) in [6.07, 6.45) is -0.0918. The van der Waals surface area contributed by atoms with Gasteiger partial charge in [0.25, 0.3) is 10.0 Å². The van der Waals surface area contributed by atoms with Crippen molar-refractivity contribution < 1.29 is 36.0 Å². The van der Waals surface area contributed by atoms with Crippen LogP contribution in [0.25, 0.3) is 22.0 Å². The van der Waals surface area contributed by atoms with Crippen LogP contribution >= 0.6 is 0 Å². The highest BCUT2D eigenvalue weighted by Crippen LogP contribution is 2.36. The summed E-state index contributed by atoms with van der Waals surface area (Å²) in [4.78, 5) is 30.4. The molecule has 2 aromatic heterocycles. The molecule has 1 aliphatic carbocycles. The van der Waals surface area contributed by atoms with Crippen molar-refractivity contribution in [3.63, 3.8) is 0 Å². The maximum atomic E-state index is 13.7. The molecule has 1 amide bonds. The molecule has 246 valence electrons. The first kappa shape index (κ1) is 34.3. The number of rotatable bonds is 10. The molecule has 45 heavy (non-hydrogen) atoms. The van der Waals surface area contributed by atoms with E-state index in [9.17, 15) is 26.4 Å². The number of nitrogens with zero attached hydrogens (tertiary/aromatic N) is 4. The molecule has 0 unspecified atom stereocenters. The third-order valence-electron chi connectivity index (χ3n) is 7.34. The molecule has 0 radical (unpaired) electrons. The number of amides is 1. The van der Waals surface area contributed by atoms with Crippen LogP contribution in [-0.4, -0.2) is 71.4 Å². The maximum absolute atomic E-state index is 13.7. The smallest absolute Gasteiger partial charge is 0.407 e. The lowest BCUT2D eigenvalue weighted by Crippen LogP contribution is -2.42. The van der Waals surface area contributed by atoms with Gasteiger partial charge in [-0.2, -0.15) is 13.2 Å². The molecular weight excluding hydrogens is 613 g/mol. The molecule has 0 aliphatic heterocycles. The number of pyridine rings is 1. The van der Waals surface area contributed by atoms with Gasteiger partial charge in [-0.1, -0.05) is 29.6 Å². The van der Waals surface area contributed by atoms with E-state index in [1.165, 1.54) is 6.20 Å². The summed E-state index contributed by atoms with van der Waals surface area (Å²) < 4.78 is 71.9. The second-order valence-electron chi connectivity index (χ2n) is 11.9. The van der Waals surface area contributed by atoms with Gasteiger partial charge in [-0.3, -0.25) is 4.84 Å². The Balaban J connectivity index is 1.62. The van der Waals surface area contributed by atoms with E-state index >= 15 is 0 Å². The largest absolute Gasteiger partial charge is 0.444 e. The number of alkyl halides is 3. The zero-order valence-electron chi connectivity index (χ0n) is 25.9. The van der Waals surface area contributed by atoms with Crippen LogP contribution in [0.15, 0.2) is 41.7 Å². The number of alkyl carbamates (subject to hydrolysis) is 1. The van der Waals surface area contributed by atoms with Crippen LogP contribution in [-0.2, 0) is 26.0 Å². The summed E-state index contributed by atoms with van der Waals surface area (Å²) in [6, 6.07) is 6.92. The molecule has 15 heteroatoms. The van der Waals surface area contributed by atoms with E-state index in [2.05, 4.69) is 20.6 Å². The molecule has 1 saturated carbocycles. The highest BCUT2D eigenvalue weighted by atomic mass is 32.2. The van der Waals surface area contributed by atoms with Gasteiger partial charge in [0.05, 0.1) is 19.0 Å². The van der Waals surface area contributed by atoms with Gasteiger partial charge in [-0.25, -0.2) is 28.2 Å². The Morgan fingerprint density at radius 2 is 1.76 bits per heavy atom. The van der Waals surface area contributed by atoms with Crippen LogP contribution in [0.2, 0.25) is 0 Å². The van der Waals surface area contributed by atoms with Crippen molar-refractivity contribution in [2.75, 3.05) is 19.0 Å². The van der Waals surface area contributed by atoms with E-state index in [1.807, 2.05) is 27.7 Å². The fourth-order valence-electron chi connectivity index (χ4n) is 5.25. The minimum Gasteiger partial charge on any atom is -0.444 e. The van der Waals surface area contributed by atoms with Crippen LogP contribution in [0.3, 0.4) is 0 Å². The first-order valence-electron chi connectivity index (χ1n) is 14.7. The molecule has 1 aromatic carbocycles. The molecule has 11 nitrogen and oxygen atoms in total. The van der Waals surface area contributed by atoms with Crippen molar-refractivity contribution >= 4 is 33.0 Å². The minimum absolute atomic E-state index is 0.0109. The fourth-order valence-corrected chi connectivity index (χ4v) is 6.66. The third kappa shape index (κ3) is 8.79. The average Bonchev–Trinajstić information content (AvgIpc) is 2.96. The van der Waals surface area contributed by atoms with E-state index in [0.717, 1.165) is 32.8 Å². The topological polar surface area (TPSA) is 136 Å². The van der Waals surface area contributed by atoms with Crippen LogP contribution < -0.4 is 10.6 Å². The van der Waals surface area contributed by atoms with Crippen molar-refractivity contribution in [3.05, 3.63) is 42.2 Å². The molecule has 1 fully saturated rings. The summed E-state index contributed by atoms with van der Waals surface area (Å²) in [5, 5.41) is 6.49. The summed E-state index contributed by atoms with van der Waals surface area (Å²) in [5.41, 5.74) is 1.17. The Kier molecular flexibility index (Phi) is 10.5. The van der Waals surface area contributed by atoms with Crippen molar-refractivity contribution in [2.24, 2.45) is 0 Å². The number of anilines is 1. The van der Waals surface area contributed by atoms with E-state index in [1.54, 1.807) is 30.5 Å².